The maximum Gasteiger partial charge on any atom is 0.328 e. The molecule has 250 valence electrons. The second kappa shape index (κ2) is 21.8. The van der Waals surface area contributed by atoms with E-state index in [-0.39, 0.29) is 6.10 Å². The van der Waals surface area contributed by atoms with Crippen LogP contribution in [0.2, 0.25) is 5.02 Å². The number of carbonyl (C=O) groups is 4. The standard InChI is InChI=1S/C27H31ClN2O.2C4H4O4/c28-26-13-11-25(12-14-26)27(24-9-5-2-6-10-24)31-22-21-30-19-17-29(18-20-30)16-15-23-7-3-1-4-8-23;2*5-3(6)1-2-4(7)8/h1-14,27H,15-22H2;2*1-2H,(H,5,6)(H,7,8)/b;2*2-1-. The number of piperazine rings is 1. The van der Waals surface area contributed by atoms with Crippen LogP contribution < -0.4 is 0 Å². The van der Waals surface area contributed by atoms with Crippen LogP contribution >= 0.6 is 11.6 Å². The minimum absolute atomic E-state index is 0.0642. The van der Waals surface area contributed by atoms with Crippen molar-refractivity contribution in [2.75, 3.05) is 45.9 Å². The highest BCUT2D eigenvalue weighted by Crippen LogP contribution is 2.27. The van der Waals surface area contributed by atoms with Crippen molar-refractivity contribution in [2.45, 2.75) is 12.5 Å². The number of carboxylic acids is 4. The third-order valence-electron chi connectivity index (χ3n) is 6.73. The first kappa shape index (κ1) is 38.4. The molecule has 1 fully saturated rings. The van der Waals surface area contributed by atoms with Gasteiger partial charge in [-0.05, 0) is 35.2 Å². The molecular weight excluding hydrogens is 628 g/mol. The zero-order valence-electron chi connectivity index (χ0n) is 25.7. The number of ether oxygens (including phenoxy) is 1. The van der Waals surface area contributed by atoms with Crippen molar-refractivity contribution >= 4 is 35.5 Å². The van der Waals surface area contributed by atoms with E-state index in [9.17, 15) is 19.2 Å². The van der Waals surface area contributed by atoms with Gasteiger partial charge in [-0.1, -0.05) is 84.4 Å². The molecule has 1 atom stereocenters. The first-order valence-corrected chi connectivity index (χ1v) is 15.1. The van der Waals surface area contributed by atoms with Crippen molar-refractivity contribution in [3.63, 3.8) is 0 Å². The molecule has 0 saturated carbocycles. The number of benzene rings is 3. The Hall–Kier alpha value is -4.81. The minimum Gasteiger partial charge on any atom is -0.478 e. The molecule has 3 aromatic rings. The van der Waals surface area contributed by atoms with E-state index in [0.717, 1.165) is 56.3 Å². The lowest BCUT2D eigenvalue weighted by atomic mass is 10.0. The predicted molar refractivity (Wildman–Crippen MR) is 178 cm³/mol. The molecule has 3 aromatic carbocycles. The van der Waals surface area contributed by atoms with Gasteiger partial charge in [0, 0.05) is 68.6 Å². The van der Waals surface area contributed by atoms with Crippen LogP contribution in [0.3, 0.4) is 0 Å². The Bertz CT molecular complexity index is 1370. The molecule has 11 nitrogen and oxygen atoms in total. The molecule has 1 saturated heterocycles. The third kappa shape index (κ3) is 17.5. The minimum atomic E-state index is -1.26. The van der Waals surface area contributed by atoms with Gasteiger partial charge in [-0.15, -0.1) is 0 Å². The molecule has 4 rings (SSSR count). The van der Waals surface area contributed by atoms with Gasteiger partial charge < -0.3 is 30.1 Å². The van der Waals surface area contributed by atoms with Gasteiger partial charge in [-0.25, -0.2) is 19.2 Å². The summed E-state index contributed by atoms with van der Waals surface area (Å²) in [7, 11) is 0. The summed E-state index contributed by atoms with van der Waals surface area (Å²) in [5.41, 5.74) is 3.74. The zero-order chi connectivity index (χ0) is 34.4. The lowest BCUT2D eigenvalue weighted by Crippen LogP contribution is -2.47. The second-order valence-corrected chi connectivity index (χ2v) is 10.6. The Labute approximate surface area is 278 Å². The van der Waals surface area contributed by atoms with Crippen LogP contribution in [0.5, 0.6) is 0 Å². The highest BCUT2D eigenvalue weighted by atomic mass is 35.5. The second-order valence-electron chi connectivity index (χ2n) is 10.2. The van der Waals surface area contributed by atoms with Gasteiger partial charge in [0.15, 0.2) is 0 Å². The average Bonchev–Trinajstić information content (AvgIpc) is 3.06. The topological polar surface area (TPSA) is 165 Å². The molecule has 0 aliphatic carbocycles. The molecule has 47 heavy (non-hydrogen) atoms. The van der Waals surface area contributed by atoms with Gasteiger partial charge >= 0.3 is 23.9 Å². The highest BCUT2D eigenvalue weighted by Gasteiger charge is 2.18. The Morgan fingerprint density at radius 2 is 1.02 bits per heavy atom. The number of rotatable bonds is 13. The van der Waals surface area contributed by atoms with Crippen LogP contribution in [-0.4, -0.2) is 100.0 Å². The number of carboxylic acid groups (broad SMARTS) is 4. The smallest absolute Gasteiger partial charge is 0.328 e. The molecule has 1 unspecified atom stereocenters. The Morgan fingerprint density at radius 3 is 1.47 bits per heavy atom. The lowest BCUT2D eigenvalue weighted by Gasteiger charge is -2.35. The van der Waals surface area contributed by atoms with Gasteiger partial charge in [0.05, 0.1) is 6.61 Å². The van der Waals surface area contributed by atoms with Gasteiger partial charge in [0.25, 0.3) is 0 Å². The molecule has 4 N–H and O–H groups in total. The maximum atomic E-state index is 9.55. The summed E-state index contributed by atoms with van der Waals surface area (Å²) in [5, 5.41) is 32.0. The summed E-state index contributed by atoms with van der Waals surface area (Å²) in [6.45, 7) is 7.29. The van der Waals surface area contributed by atoms with E-state index >= 15 is 0 Å². The monoisotopic (exact) mass is 666 g/mol. The molecule has 1 heterocycles. The molecule has 0 radical (unpaired) electrons. The quantitative estimate of drug-likeness (QED) is 0.186. The Kier molecular flexibility index (Phi) is 17.8. The number of halogens is 1. The normalized spacial score (nSPS) is 14.0. The molecule has 12 heteroatoms. The van der Waals surface area contributed by atoms with E-state index in [2.05, 4.69) is 76.5 Å². The largest absolute Gasteiger partial charge is 0.478 e. The van der Waals surface area contributed by atoms with E-state index < -0.39 is 23.9 Å². The molecule has 1 aliphatic rings. The SMILES string of the molecule is Clc1ccc(C(OCCN2CCN(CCc3ccccc3)CC2)c2ccccc2)cc1.O=C(O)/C=C\C(=O)O.O=C(O)/C=C\C(=O)O. The van der Waals surface area contributed by atoms with Crippen LogP contribution in [0.15, 0.2) is 109 Å². The van der Waals surface area contributed by atoms with Gasteiger partial charge in [0.2, 0.25) is 0 Å². The first-order valence-electron chi connectivity index (χ1n) is 14.7. The fourth-order valence-corrected chi connectivity index (χ4v) is 4.53. The van der Waals surface area contributed by atoms with Gasteiger partial charge in [-0.2, -0.15) is 0 Å². The molecular formula is C35H39ClN2O9. The van der Waals surface area contributed by atoms with Crippen LogP contribution in [0.4, 0.5) is 0 Å². The van der Waals surface area contributed by atoms with Gasteiger partial charge in [-0.3, -0.25) is 4.90 Å². The van der Waals surface area contributed by atoms with Crippen molar-refractivity contribution in [3.05, 3.63) is 131 Å². The van der Waals surface area contributed by atoms with E-state index in [1.54, 1.807) is 0 Å². The van der Waals surface area contributed by atoms with E-state index in [1.807, 2.05) is 18.2 Å². The highest BCUT2D eigenvalue weighted by molar-refractivity contribution is 6.30. The number of nitrogens with zero attached hydrogens (tertiary/aromatic N) is 2. The average molecular weight is 667 g/mol. The summed E-state index contributed by atoms with van der Waals surface area (Å²) < 4.78 is 6.39. The summed E-state index contributed by atoms with van der Waals surface area (Å²) >= 11 is 6.09. The Morgan fingerprint density at radius 1 is 0.617 bits per heavy atom. The predicted octanol–water partition coefficient (Wildman–Crippen LogP) is 4.73. The van der Waals surface area contributed by atoms with E-state index in [1.165, 1.54) is 11.1 Å². The molecule has 1 aliphatic heterocycles. The van der Waals surface area contributed by atoms with E-state index in [0.29, 0.717) is 30.9 Å². The number of hydrogen-bond donors (Lipinski definition) is 4. The lowest BCUT2D eigenvalue weighted by molar-refractivity contribution is -0.134. The fraction of sp³-hybridized carbons (Fsp3) is 0.257. The van der Waals surface area contributed by atoms with Crippen molar-refractivity contribution in [2.24, 2.45) is 0 Å². The van der Waals surface area contributed by atoms with Crippen molar-refractivity contribution < 1.29 is 44.3 Å². The molecule has 0 aromatic heterocycles. The summed E-state index contributed by atoms with van der Waals surface area (Å²) in [6, 6.07) is 29.2. The fourth-order valence-electron chi connectivity index (χ4n) is 4.40. The van der Waals surface area contributed by atoms with Crippen LogP contribution in [0, 0.1) is 0 Å². The summed E-state index contributed by atoms with van der Waals surface area (Å²) in [5.74, 6) is -5.03. The first-order chi connectivity index (χ1) is 22.5. The van der Waals surface area contributed by atoms with Crippen LogP contribution in [0.1, 0.15) is 22.8 Å². The number of aliphatic carboxylic acids is 4. The van der Waals surface area contributed by atoms with Crippen molar-refractivity contribution in [1.29, 1.82) is 0 Å². The molecule has 0 spiro atoms. The molecule has 0 bridgehead atoms. The van der Waals surface area contributed by atoms with Gasteiger partial charge in [0.1, 0.15) is 6.10 Å². The molecule has 0 amide bonds. The summed E-state index contributed by atoms with van der Waals surface area (Å²) in [4.78, 5) is 43.3. The third-order valence-corrected chi connectivity index (χ3v) is 6.98. The van der Waals surface area contributed by atoms with Crippen LogP contribution in [-0.2, 0) is 30.3 Å². The van der Waals surface area contributed by atoms with Crippen molar-refractivity contribution in [1.82, 2.24) is 9.80 Å². The maximum absolute atomic E-state index is 9.55. The number of hydrogen-bond acceptors (Lipinski definition) is 7. The van der Waals surface area contributed by atoms with Crippen LogP contribution in [0.25, 0.3) is 0 Å². The van der Waals surface area contributed by atoms with E-state index in [4.69, 9.17) is 36.8 Å². The Balaban J connectivity index is 0.000000397. The summed E-state index contributed by atoms with van der Waals surface area (Å²) in [6.07, 6.45) is 3.30. The zero-order valence-corrected chi connectivity index (χ0v) is 26.5. The van der Waals surface area contributed by atoms with Crippen molar-refractivity contribution in [3.8, 4) is 0 Å².